The summed E-state index contributed by atoms with van der Waals surface area (Å²) in [6.07, 6.45) is -0.872. The van der Waals surface area contributed by atoms with Gasteiger partial charge in [0.25, 0.3) is 6.43 Å². The summed E-state index contributed by atoms with van der Waals surface area (Å²) in [7, 11) is 0. The van der Waals surface area contributed by atoms with Crippen LogP contribution < -0.4 is 4.74 Å². The molecule has 0 heterocycles. The zero-order chi connectivity index (χ0) is 15.2. The minimum Gasteiger partial charge on any atom is -0.494 e. The highest BCUT2D eigenvalue weighted by Gasteiger charge is 2.08. The minimum absolute atomic E-state index is 0.0206. The molecular weight excluding hydrogens is 274 g/mol. The quantitative estimate of drug-likeness (QED) is 0.708. The Morgan fingerprint density at radius 1 is 1.10 bits per heavy atom. The van der Waals surface area contributed by atoms with E-state index in [0.29, 0.717) is 17.9 Å². The van der Waals surface area contributed by atoms with Gasteiger partial charge in [-0.15, -0.1) is 0 Å². The van der Waals surface area contributed by atoms with Crippen LogP contribution in [0.2, 0.25) is 0 Å². The predicted molar refractivity (Wildman–Crippen MR) is 78.0 cm³/mol. The standard InChI is InChI=1S/C17H16F2O2/c1-2-7-21-16-9-12(11-20)8-15(10-16)13-3-5-14(6-4-13)17(18)19/h3-6,8-11,17H,2,7H2,1H3. The van der Waals surface area contributed by atoms with Gasteiger partial charge in [0.15, 0.2) is 0 Å². The number of aldehydes is 1. The number of hydrogen-bond acceptors (Lipinski definition) is 2. The molecule has 2 aromatic carbocycles. The summed E-state index contributed by atoms with van der Waals surface area (Å²) >= 11 is 0. The number of ether oxygens (including phenoxy) is 1. The van der Waals surface area contributed by atoms with Crippen LogP contribution in [0.1, 0.15) is 35.7 Å². The number of alkyl halides is 2. The molecule has 2 rings (SSSR count). The highest BCUT2D eigenvalue weighted by molar-refractivity contribution is 5.80. The highest BCUT2D eigenvalue weighted by Crippen LogP contribution is 2.28. The average Bonchev–Trinajstić information content (AvgIpc) is 2.52. The van der Waals surface area contributed by atoms with Gasteiger partial charge in [-0.25, -0.2) is 8.78 Å². The summed E-state index contributed by atoms with van der Waals surface area (Å²) in [5.41, 5.74) is 2.01. The van der Waals surface area contributed by atoms with Gasteiger partial charge >= 0.3 is 0 Å². The van der Waals surface area contributed by atoms with Gasteiger partial charge in [0.05, 0.1) is 6.61 Å². The summed E-state index contributed by atoms with van der Waals surface area (Å²) in [6, 6.07) is 11.2. The molecule has 0 saturated heterocycles. The molecule has 2 nitrogen and oxygen atoms in total. The fraction of sp³-hybridized carbons (Fsp3) is 0.235. The highest BCUT2D eigenvalue weighted by atomic mass is 19.3. The van der Waals surface area contributed by atoms with Crippen LogP contribution in [0, 0.1) is 0 Å². The van der Waals surface area contributed by atoms with E-state index in [4.69, 9.17) is 4.74 Å². The maximum Gasteiger partial charge on any atom is 0.263 e. The molecule has 0 radical (unpaired) electrons. The van der Waals surface area contributed by atoms with Crippen molar-refractivity contribution >= 4 is 6.29 Å². The first-order chi connectivity index (χ1) is 10.1. The van der Waals surface area contributed by atoms with Gasteiger partial charge < -0.3 is 4.74 Å². The molecule has 0 aliphatic rings. The summed E-state index contributed by atoms with van der Waals surface area (Å²) in [6.45, 7) is 2.56. The SMILES string of the molecule is CCCOc1cc(C=O)cc(-c2ccc(C(F)F)cc2)c1. The lowest BCUT2D eigenvalue weighted by Gasteiger charge is -2.09. The summed E-state index contributed by atoms with van der Waals surface area (Å²) in [5, 5.41) is 0. The molecule has 0 spiro atoms. The number of hydrogen-bond donors (Lipinski definition) is 0. The first kappa shape index (κ1) is 15.2. The van der Waals surface area contributed by atoms with Crippen molar-refractivity contribution < 1.29 is 18.3 Å². The van der Waals surface area contributed by atoms with Gasteiger partial charge in [-0.1, -0.05) is 31.2 Å². The monoisotopic (exact) mass is 290 g/mol. The van der Waals surface area contributed by atoms with Crippen molar-refractivity contribution in [2.24, 2.45) is 0 Å². The average molecular weight is 290 g/mol. The lowest BCUT2D eigenvalue weighted by molar-refractivity contribution is 0.112. The van der Waals surface area contributed by atoms with E-state index in [1.54, 1.807) is 30.3 Å². The molecule has 2 aromatic rings. The van der Waals surface area contributed by atoms with Crippen molar-refractivity contribution in [2.45, 2.75) is 19.8 Å². The number of carbonyl (C=O) groups excluding carboxylic acids is 1. The molecule has 0 aliphatic heterocycles. The molecule has 0 fully saturated rings. The molecule has 0 bridgehead atoms. The van der Waals surface area contributed by atoms with Crippen LogP contribution in [0.25, 0.3) is 11.1 Å². The van der Waals surface area contributed by atoms with Gasteiger partial charge in [-0.05, 0) is 35.7 Å². The van der Waals surface area contributed by atoms with Crippen molar-refractivity contribution in [3.05, 3.63) is 53.6 Å². The maximum absolute atomic E-state index is 12.6. The van der Waals surface area contributed by atoms with Gasteiger partial charge in [0.1, 0.15) is 12.0 Å². The molecule has 21 heavy (non-hydrogen) atoms. The first-order valence-corrected chi connectivity index (χ1v) is 6.75. The van der Waals surface area contributed by atoms with Crippen LogP contribution in [0.15, 0.2) is 42.5 Å². The third-order valence-electron chi connectivity index (χ3n) is 3.03. The van der Waals surface area contributed by atoms with E-state index < -0.39 is 6.43 Å². The third kappa shape index (κ3) is 3.88. The van der Waals surface area contributed by atoms with E-state index in [2.05, 4.69) is 0 Å². The zero-order valence-electron chi connectivity index (χ0n) is 11.7. The Bertz CT molecular complexity index is 607. The van der Waals surface area contributed by atoms with Crippen molar-refractivity contribution in [3.8, 4) is 16.9 Å². The van der Waals surface area contributed by atoms with Crippen LogP contribution in [0.4, 0.5) is 8.78 Å². The second kappa shape index (κ2) is 6.97. The molecule has 0 saturated carbocycles. The number of benzene rings is 2. The molecule has 4 heteroatoms. The van der Waals surface area contributed by atoms with Crippen molar-refractivity contribution in [1.82, 2.24) is 0 Å². The normalized spacial score (nSPS) is 10.7. The second-order valence-corrected chi connectivity index (χ2v) is 4.68. The zero-order valence-corrected chi connectivity index (χ0v) is 11.7. The summed E-state index contributed by atoms with van der Waals surface area (Å²) in [5.74, 6) is 0.606. The topological polar surface area (TPSA) is 26.3 Å². The van der Waals surface area contributed by atoms with Crippen LogP contribution in [0.3, 0.4) is 0 Å². The lowest BCUT2D eigenvalue weighted by atomic mass is 10.0. The number of halogens is 2. The fourth-order valence-electron chi connectivity index (χ4n) is 1.98. The summed E-state index contributed by atoms with van der Waals surface area (Å²) in [4.78, 5) is 11.0. The Labute approximate surface area is 122 Å². The van der Waals surface area contributed by atoms with E-state index in [0.717, 1.165) is 23.8 Å². The fourth-order valence-corrected chi connectivity index (χ4v) is 1.98. The molecule has 0 unspecified atom stereocenters. The van der Waals surface area contributed by atoms with Crippen LogP contribution in [-0.4, -0.2) is 12.9 Å². The maximum atomic E-state index is 12.6. The van der Waals surface area contributed by atoms with Gasteiger partial charge in [-0.2, -0.15) is 0 Å². The van der Waals surface area contributed by atoms with Gasteiger partial charge in [0.2, 0.25) is 0 Å². The van der Waals surface area contributed by atoms with Gasteiger partial charge in [-0.3, -0.25) is 4.79 Å². The summed E-state index contributed by atoms with van der Waals surface area (Å²) < 4.78 is 30.7. The van der Waals surface area contributed by atoms with Crippen molar-refractivity contribution in [3.63, 3.8) is 0 Å². The van der Waals surface area contributed by atoms with E-state index in [9.17, 15) is 13.6 Å². The van der Waals surface area contributed by atoms with Crippen LogP contribution >= 0.6 is 0 Å². The molecule has 0 aliphatic carbocycles. The number of rotatable bonds is 6. The Kier molecular flexibility index (Phi) is 5.04. The molecular formula is C17H16F2O2. The Hall–Kier alpha value is -2.23. The Morgan fingerprint density at radius 2 is 1.81 bits per heavy atom. The van der Waals surface area contributed by atoms with Gasteiger partial charge in [0, 0.05) is 11.1 Å². The van der Waals surface area contributed by atoms with E-state index in [-0.39, 0.29) is 5.56 Å². The molecule has 0 aromatic heterocycles. The third-order valence-corrected chi connectivity index (χ3v) is 3.03. The van der Waals surface area contributed by atoms with Crippen LogP contribution in [-0.2, 0) is 0 Å². The Balaban J connectivity index is 2.35. The molecule has 0 N–H and O–H groups in total. The van der Waals surface area contributed by atoms with Crippen LogP contribution in [0.5, 0.6) is 5.75 Å². The number of carbonyl (C=O) groups is 1. The van der Waals surface area contributed by atoms with E-state index in [1.807, 2.05) is 6.92 Å². The lowest BCUT2D eigenvalue weighted by Crippen LogP contribution is -1.96. The van der Waals surface area contributed by atoms with Crippen molar-refractivity contribution in [1.29, 1.82) is 0 Å². The molecule has 110 valence electrons. The first-order valence-electron chi connectivity index (χ1n) is 6.75. The molecule has 0 atom stereocenters. The largest absolute Gasteiger partial charge is 0.494 e. The second-order valence-electron chi connectivity index (χ2n) is 4.68. The van der Waals surface area contributed by atoms with E-state index >= 15 is 0 Å². The smallest absolute Gasteiger partial charge is 0.263 e. The van der Waals surface area contributed by atoms with Crippen molar-refractivity contribution in [2.75, 3.05) is 6.61 Å². The van der Waals surface area contributed by atoms with E-state index in [1.165, 1.54) is 12.1 Å². The Morgan fingerprint density at radius 3 is 2.38 bits per heavy atom. The minimum atomic E-state index is -2.48. The molecule has 0 amide bonds. The predicted octanol–water partition coefficient (Wildman–Crippen LogP) is 4.89.